The summed E-state index contributed by atoms with van der Waals surface area (Å²) in [5, 5.41) is 0. The van der Waals surface area contributed by atoms with Gasteiger partial charge in [-0.05, 0) is 12.8 Å². The van der Waals surface area contributed by atoms with Gasteiger partial charge >= 0.3 is 5.97 Å². The monoisotopic (exact) mass is 292 g/mol. The fraction of sp³-hybridized carbons (Fsp3) is 0.917. The van der Waals surface area contributed by atoms with E-state index in [0.717, 1.165) is 38.5 Å². The van der Waals surface area contributed by atoms with E-state index in [2.05, 4.69) is 9.46 Å². The van der Waals surface area contributed by atoms with Crippen molar-refractivity contribution in [1.82, 2.24) is 4.72 Å². The molecule has 6 nitrogen and oxygen atoms in total. The van der Waals surface area contributed by atoms with Gasteiger partial charge in [-0.25, -0.2) is 13.1 Å². The van der Waals surface area contributed by atoms with Crippen LogP contribution in [0.25, 0.3) is 0 Å². The molecule has 1 rings (SSSR count). The second-order valence-electron chi connectivity index (χ2n) is 5.24. The van der Waals surface area contributed by atoms with E-state index in [1.54, 1.807) is 0 Å². The average Bonchev–Trinajstić information content (AvgIpc) is 2.59. The normalized spacial score (nSPS) is 19.7. The number of nitrogens with one attached hydrogen (secondary N) is 1. The Morgan fingerprint density at radius 3 is 2.37 bits per heavy atom. The molecule has 1 aliphatic carbocycles. The zero-order valence-corrected chi connectivity index (χ0v) is 12.3. The van der Waals surface area contributed by atoms with E-state index in [1.807, 2.05) is 0 Å². The minimum Gasteiger partial charge on any atom is -0.469 e. The largest absolute Gasteiger partial charge is 0.469 e. The van der Waals surface area contributed by atoms with Gasteiger partial charge in [0, 0.05) is 12.1 Å². The van der Waals surface area contributed by atoms with Crippen LogP contribution in [0, 0.1) is 0 Å². The molecule has 3 N–H and O–H groups in total. The molecule has 0 heterocycles. The molecule has 1 saturated carbocycles. The van der Waals surface area contributed by atoms with Gasteiger partial charge in [-0.3, -0.25) is 4.79 Å². The molecule has 0 aromatic heterocycles. The van der Waals surface area contributed by atoms with Crippen molar-refractivity contribution < 1.29 is 17.9 Å². The number of methoxy groups -OCH3 is 1. The molecule has 1 aliphatic rings. The number of carbonyl (C=O) groups excluding carboxylic acids is 1. The summed E-state index contributed by atoms with van der Waals surface area (Å²) in [7, 11) is -2.23. The third-order valence-corrected chi connectivity index (χ3v) is 4.87. The summed E-state index contributed by atoms with van der Waals surface area (Å²) in [6, 6.07) is 0. The van der Waals surface area contributed by atoms with Crippen molar-refractivity contribution in [2.45, 2.75) is 50.5 Å². The topological polar surface area (TPSA) is 98.5 Å². The molecule has 0 aliphatic heterocycles. The Kier molecular flexibility index (Phi) is 6.22. The highest BCUT2D eigenvalue weighted by Crippen LogP contribution is 2.24. The summed E-state index contributed by atoms with van der Waals surface area (Å²) in [5.41, 5.74) is 5.78. The lowest BCUT2D eigenvalue weighted by Crippen LogP contribution is -2.50. The van der Waals surface area contributed by atoms with Crippen molar-refractivity contribution in [2.24, 2.45) is 5.73 Å². The van der Waals surface area contributed by atoms with Gasteiger partial charge in [0.05, 0.1) is 19.3 Å². The Bertz CT molecular complexity index is 387. The zero-order chi connectivity index (χ0) is 14.4. The van der Waals surface area contributed by atoms with Crippen LogP contribution in [-0.4, -0.2) is 39.3 Å². The molecule has 0 bridgehead atoms. The van der Waals surface area contributed by atoms with Gasteiger partial charge in [0.15, 0.2) is 0 Å². The van der Waals surface area contributed by atoms with E-state index in [1.165, 1.54) is 7.11 Å². The number of esters is 1. The van der Waals surface area contributed by atoms with Crippen molar-refractivity contribution in [3.8, 4) is 0 Å². The van der Waals surface area contributed by atoms with Crippen molar-refractivity contribution >= 4 is 16.0 Å². The predicted octanol–water partition coefficient (Wildman–Crippen LogP) is 0.521. The smallest absolute Gasteiger partial charge is 0.306 e. The van der Waals surface area contributed by atoms with E-state index >= 15 is 0 Å². The van der Waals surface area contributed by atoms with Gasteiger partial charge in [0.25, 0.3) is 0 Å². The van der Waals surface area contributed by atoms with E-state index in [0.29, 0.717) is 0 Å². The van der Waals surface area contributed by atoms with Crippen LogP contribution in [0.4, 0.5) is 0 Å². The van der Waals surface area contributed by atoms with Crippen molar-refractivity contribution in [3.05, 3.63) is 0 Å². The first-order valence-electron chi connectivity index (χ1n) is 6.70. The van der Waals surface area contributed by atoms with Crippen LogP contribution >= 0.6 is 0 Å². The molecule has 0 saturated heterocycles. The number of nitrogens with two attached hydrogens (primary N) is 1. The zero-order valence-electron chi connectivity index (χ0n) is 11.5. The minimum absolute atomic E-state index is 0.136. The Labute approximate surface area is 115 Å². The Hall–Kier alpha value is -0.660. The van der Waals surface area contributed by atoms with E-state index < -0.39 is 21.5 Å². The lowest BCUT2D eigenvalue weighted by molar-refractivity contribution is -0.140. The minimum atomic E-state index is -3.47. The highest BCUT2D eigenvalue weighted by Gasteiger charge is 2.28. The molecule has 7 heteroatoms. The summed E-state index contributed by atoms with van der Waals surface area (Å²) in [6.45, 7) is 0.247. The van der Waals surface area contributed by atoms with Crippen molar-refractivity contribution in [2.75, 3.05) is 19.4 Å². The highest BCUT2D eigenvalue weighted by molar-refractivity contribution is 7.89. The van der Waals surface area contributed by atoms with Crippen LogP contribution in [0.3, 0.4) is 0 Å². The molecule has 1 fully saturated rings. The van der Waals surface area contributed by atoms with E-state index in [-0.39, 0.29) is 18.7 Å². The second-order valence-corrected chi connectivity index (χ2v) is 7.17. The summed E-state index contributed by atoms with van der Waals surface area (Å²) >= 11 is 0. The lowest BCUT2D eigenvalue weighted by atomic mass is 9.92. The first kappa shape index (κ1) is 16.4. The number of hydrogen-bond donors (Lipinski definition) is 2. The number of ether oxygens (including phenoxy) is 1. The Morgan fingerprint density at radius 2 is 1.84 bits per heavy atom. The van der Waals surface area contributed by atoms with E-state index in [9.17, 15) is 13.2 Å². The predicted molar refractivity (Wildman–Crippen MR) is 73.0 cm³/mol. The SMILES string of the molecule is COC(=O)CCS(=O)(=O)NCC1(N)CCCCCC1. The van der Waals surface area contributed by atoms with Gasteiger partial charge in [-0.15, -0.1) is 0 Å². The van der Waals surface area contributed by atoms with Gasteiger partial charge in [0.2, 0.25) is 10.0 Å². The number of sulfonamides is 1. The highest BCUT2D eigenvalue weighted by atomic mass is 32.2. The number of carbonyl (C=O) groups is 1. The molecular weight excluding hydrogens is 268 g/mol. The van der Waals surface area contributed by atoms with Crippen molar-refractivity contribution in [3.63, 3.8) is 0 Å². The maximum absolute atomic E-state index is 11.7. The van der Waals surface area contributed by atoms with Crippen molar-refractivity contribution in [1.29, 1.82) is 0 Å². The Balaban J connectivity index is 2.42. The lowest BCUT2D eigenvalue weighted by Gasteiger charge is -2.28. The summed E-state index contributed by atoms with van der Waals surface area (Å²) < 4.78 is 30.4. The van der Waals surface area contributed by atoms with Crippen LogP contribution < -0.4 is 10.5 Å². The second kappa shape index (κ2) is 7.21. The number of hydrogen-bond acceptors (Lipinski definition) is 5. The molecule has 0 unspecified atom stereocenters. The third kappa shape index (κ3) is 6.35. The first-order chi connectivity index (χ1) is 8.87. The Morgan fingerprint density at radius 1 is 1.26 bits per heavy atom. The average molecular weight is 292 g/mol. The molecule has 0 aromatic carbocycles. The van der Waals surface area contributed by atoms with Gasteiger partial charge < -0.3 is 10.5 Å². The summed E-state index contributed by atoms with van der Waals surface area (Å²) in [6.07, 6.45) is 5.95. The number of rotatable bonds is 6. The fourth-order valence-corrected chi connectivity index (χ4v) is 3.34. The summed E-state index contributed by atoms with van der Waals surface area (Å²) in [4.78, 5) is 10.9. The standard InChI is InChI=1S/C12H24N2O4S/c1-18-11(15)6-9-19(16,17)14-10-12(13)7-4-2-3-5-8-12/h14H,2-10,13H2,1H3. The molecular formula is C12H24N2O4S. The maximum Gasteiger partial charge on any atom is 0.306 e. The summed E-state index contributed by atoms with van der Waals surface area (Å²) in [5.74, 6) is -0.780. The van der Waals surface area contributed by atoms with Gasteiger partial charge in [-0.2, -0.15) is 0 Å². The van der Waals surface area contributed by atoms with E-state index in [4.69, 9.17) is 5.73 Å². The van der Waals surface area contributed by atoms with Crippen LogP contribution in [-0.2, 0) is 19.6 Å². The van der Waals surface area contributed by atoms with Crippen LogP contribution in [0.1, 0.15) is 44.9 Å². The molecule has 112 valence electrons. The third-order valence-electron chi connectivity index (χ3n) is 3.55. The molecule has 0 aromatic rings. The van der Waals surface area contributed by atoms with Crippen LogP contribution in [0.2, 0.25) is 0 Å². The van der Waals surface area contributed by atoms with Gasteiger partial charge in [0.1, 0.15) is 0 Å². The van der Waals surface area contributed by atoms with Crippen LogP contribution in [0.15, 0.2) is 0 Å². The molecule has 0 amide bonds. The first-order valence-corrected chi connectivity index (χ1v) is 8.35. The molecule has 0 radical (unpaired) electrons. The maximum atomic E-state index is 11.7. The fourth-order valence-electron chi connectivity index (χ4n) is 2.26. The molecule has 0 atom stereocenters. The quantitative estimate of drug-likeness (QED) is 0.549. The molecule has 19 heavy (non-hydrogen) atoms. The molecule has 0 spiro atoms. The van der Waals surface area contributed by atoms with Crippen LogP contribution in [0.5, 0.6) is 0 Å². The van der Waals surface area contributed by atoms with Gasteiger partial charge in [-0.1, -0.05) is 25.7 Å².